The van der Waals surface area contributed by atoms with Gasteiger partial charge in [-0.2, -0.15) is 17.6 Å². The van der Waals surface area contributed by atoms with Crippen LogP contribution >= 0.6 is 26.3 Å². The van der Waals surface area contributed by atoms with Crippen molar-refractivity contribution in [3.63, 3.8) is 0 Å². The van der Waals surface area contributed by atoms with Gasteiger partial charge in [-0.25, -0.2) is 19.6 Å². The maximum atomic E-state index is 12.3. The fraction of sp³-hybridized carbons (Fsp3) is 0.385. The Morgan fingerprint density at radius 3 is 1.62 bits per heavy atom. The number of carbonyl (C=O) groups excluding carboxylic acids is 1. The van der Waals surface area contributed by atoms with Crippen molar-refractivity contribution >= 4 is 110 Å². The number of rotatable bonds is 9. The third-order valence-electron chi connectivity index (χ3n) is 6.70. The van der Waals surface area contributed by atoms with Crippen LogP contribution in [-0.4, -0.2) is 61.6 Å². The van der Waals surface area contributed by atoms with Gasteiger partial charge in [0.2, 0.25) is 0 Å². The summed E-state index contributed by atoms with van der Waals surface area (Å²) in [5.74, 6) is -0.805. The van der Waals surface area contributed by atoms with Crippen LogP contribution in [0.25, 0.3) is 22.3 Å². The molecule has 4 aromatic rings. The van der Waals surface area contributed by atoms with E-state index in [0.29, 0.717) is 0 Å². The molecule has 4 heterocycles. The zero-order valence-corrected chi connectivity index (χ0v) is 35.0. The first-order valence-corrected chi connectivity index (χ1v) is 23.0. The van der Waals surface area contributed by atoms with E-state index in [1.54, 1.807) is 18.4 Å². The number of aromatic nitrogens is 8. The van der Waals surface area contributed by atoms with Crippen LogP contribution in [0.4, 0.5) is 17.6 Å². The summed E-state index contributed by atoms with van der Waals surface area (Å²) in [6, 6.07) is 0. The highest BCUT2D eigenvalue weighted by molar-refractivity contribution is 8.63. The number of carbonyl (C=O) groups is 1. The monoisotopic (exact) mass is 894 g/mol. The predicted octanol–water partition coefficient (Wildman–Crippen LogP) is 2.81. The molecule has 0 bridgehead atoms. The Morgan fingerprint density at radius 1 is 0.774 bits per heavy atom. The van der Waals surface area contributed by atoms with E-state index in [2.05, 4.69) is 33.0 Å². The summed E-state index contributed by atoms with van der Waals surface area (Å²) in [5.41, 5.74) is -2.18. The lowest BCUT2D eigenvalue weighted by molar-refractivity contribution is -0.143. The van der Waals surface area contributed by atoms with E-state index < -0.39 is 47.2 Å². The molecule has 0 aliphatic carbocycles. The molecule has 0 saturated heterocycles. The van der Waals surface area contributed by atoms with E-state index in [0.717, 1.165) is 23.1 Å². The summed E-state index contributed by atoms with van der Waals surface area (Å²) < 4.78 is 65.8. The zero-order valence-electron chi connectivity index (χ0n) is 28.3. The normalized spacial score (nSPS) is 10.5. The van der Waals surface area contributed by atoms with E-state index >= 15 is 0 Å². The Balaban J connectivity index is 0.000000311. The van der Waals surface area contributed by atoms with Gasteiger partial charge in [0, 0.05) is 53.4 Å². The van der Waals surface area contributed by atoms with E-state index in [9.17, 15) is 41.5 Å². The summed E-state index contributed by atoms with van der Waals surface area (Å²) in [7, 11) is 12.4. The zero-order chi connectivity index (χ0) is 40.2. The minimum atomic E-state index is -1.91. The van der Waals surface area contributed by atoms with E-state index in [1.165, 1.54) is 82.0 Å². The predicted molar refractivity (Wildman–Crippen MR) is 210 cm³/mol. The lowest BCUT2D eigenvalue weighted by Gasteiger charge is -2.09. The van der Waals surface area contributed by atoms with Crippen molar-refractivity contribution in [2.45, 2.75) is 26.9 Å². The number of fused-ring (bicyclic) bond motifs is 2. The second-order valence-electron chi connectivity index (χ2n) is 10.3. The van der Waals surface area contributed by atoms with Crippen LogP contribution in [0.15, 0.2) is 55.1 Å². The molecular formula is C26H28F4N8O7P2S6. The maximum Gasteiger partial charge on any atom is 0.332 e. The van der Waals surface area contributed by atoms with Gasteiger partial charge in [0.05, 0.1) is 19.2 Å². The standard InChI is InChI=1S/C13H14F2N4O4.C13H14F2N4O3S.P2S5/c1-7(10(14)15)5-23-8(20)4-19-6-16-11-9(19)12(21)18(3)13(22)17(11)2;1-7(10(14)15)5-22-8(23)4-19-6-16-11-9(19)12(20)18(3)13(21)17(11)2;3-1-2-5-7-6-4/h2*6H,4-5H2,1-3H3;. The number of hydrogen-bond acceptors (Lipinski definition) is 12. The highest BCUT2D eigenvalue weighted by atomic mass is 33.3. The second-order valence-corrected chi connectivity index (χ2v) is 20.5. The average Bonchev–Trinajstić information content (AvgIpc) is 3.74. The Labute approximate surface area is 323 Å². The molecule has 0 saturated carbocycles. The average molecular weight is 895 g/mol. The Bertz CT molecular complexity index is 2370. The van der Waals surface area contributed by atoms with Crippen molar-refractivity contribution < 1.29 is 31.8 Å². The van der Waals surface area contributed by atoms with Crippen LogP contribution in [0, 0.1) is 0 Å². The van der Waals surface area contributed by atoms with Crippen molar-refractivity contribution in [2.75, 3.05) is 13.2 Å². The molecule has 0 unspecified atom stereocenters. The minimum absolute atomic E-state index is 0.0134. The smallest absolute Gasteiger partial charge is 0.332 e. The Morgan fingerprint density at radius 2 is 1.21 bits per heavy atom. The highest BCUT2D eigenvalue weighted by Gasteiger charge is 2.18. The fourth-order valence-electron chi connectivity index (χ4n) is 3.93. The first kappa shape index (κ1) is 45.7. The van der Waals surface area contributed by atoms with Gasteiger partial charge < -0.3 is 18.6 Å². The van der Waals surface area contributed by atoms with Crippen molar-refractivity contribution in [3.8, 4) is 0 Å². The van der Waals surface area contributed by atoms with Gasteiger partial charge >= 0.3 is 17.3 Å². The van der Waals surface area contributed by atoms with Gasteiger partial charge in [0.1, 0.15) is 19.8 Å². The summed E-state index contributed by atoms with van der Waals surface area (Å²) in [6.45, 7) is 1.11. The van der Waals surface area contributed by atoms with Crippen LogP contribution in [0.1, 0.15) is 13.8 Å². The number of aryl methyl sites for hydroxylation is 2. The first-order chi connectivity index (χ1) is 24.9. The number of halogens is 4. The molecule has 0 N–H and O–H groups in total. The molecule has 15 nitrogen and oxygen atoms in total. The molecular weight excluding hydrogens is 867 g/mol. The third-order valence-corrected chi connectivity index (χ3v) is 16.9. The number of thiocarbonyl (C=S) groups is 1. The SMILES string of the molecule is CC(COC(=O)Cn1cnc2c1c(=O)n(C)c(=O)n2C)=C(F)F.CC(COC(=S)Cn1cnc2c1c(=O)n(C)c(=O)n2C)=C(F)F.S=PP=S=S=S=S. The maximum absolute atomic E-state index is 12.3. The molecule has 0 amide bonds. The molecule has 0 aliphatic rings. The highest BCUT2D eigenvalue weighted by Crippen LogP contribution is 2.12. The van der Waals surface area contributed by atoms with Crippen LogP contribution < -0.4 is 22.5 Å². The summed E-state index contributed by atoms with van der Waals surface area (Å²) >= 11 is 14.2. The van der Waals surface area contributed by atoms with Gasteiger partial charge in [-0.1, -0.05) is 0 Å². The van der Waals surface area contributed by atoms with Crippen molar-refractivity contribution in [1.82, 2.24) is 37.4 Å². The number of nitrogens with zero attached hydrogens (tertiary/aromatic N) is 8. The fourth-order valence-corrected chi connectivity index (χ4v) is 13.7. The summed E-state index contributed by atoms with van der Waals surface area (Å²) in [6.07, 6.45) is -1.16. The molecule has 0 atom stereocenters. The molecule has 4 aromatic heterocycles. The van der Waals surface area contributed by atoms with Crippen molar-refractivity contribution in [2.24, 2.45) is 28.2 Å². The van der Waals surface area contributed by atoms with Crippen LogP contribution in [-0.2, 0) is 106 Å². The number of ether oxygens (including phenoxy) is 2. The topological polar surface area (TPSA) is 159 Å². The molecule has 4 rings (SSSR count). The molecule has 288 valence electrons. The Hall–Kier alpha value is -3.44. The third kappa shape index (κ3) is 12.3. The van der Waals surface area contributed by atoms with E-state index in [1.807, 2.05) is 0 Å². The molecule has 0 fully saturated rings. The molecule has 0 spiro atoms. The number of imidazole rings is 2. The lowest BCUT2D eigenvalue weighted by atomic mass is 10.4. The molecule has 53 heavy (non-hydrogen) atoms. The molecule has 27 heteroatoms. The van der Waals surface area contributed by atoms with Crippen molar-refractivity contribution in [1.29, 1.82) is 0 Å². The number of esters is 1. The second kappa shape index (κ2) is 21.4. The molecule has 0 aliphatic heterocycles. The van der Waals surface area contributed by atoms with E-state index in [4.69, 9.17) is 21.7 Å². The minimum Gasteiger partial charge on any atom is -0.481 e. The Kier molecular flexibility index (Phi) is 18.5. The van der Waals surface area contributed by atoms with Gasteiger partial charge in [-0.15, -0.1) is 0 Å². The molecule has 0 aromatic carbocycles. The van der Waals surface area contributed by atoms with E-state index in [-0.39, 0.29) is 58.2 Å². The van der Waals surface area contributed by atoms with Crippen molar-refractivity contribution in [3.05, 3.63) is 77.6 Å². The quantitative estimate of drug-likeness (QED) is 0.105. The van der Waals surface area contributed by atoms with Crippen LogP contribution in [0.3, 0.4) is 0 Å². The van der Waals surface area contributed by atoms with Gasteiger partial charge in [0.15, 0.2) is 27.4 Å². The largest absolute Gasteiger partial charge is 0.481 e. The van der Waals surface area contributed by atoms with Gasteiger partial charge in [0.25, 0.3) is 23.3 Å². The molecule has 0 radical (unpaired) electrons. The first-order valence-electron chi connectivity index (χ1n) is 14.1. The van der Waals surface area contributed by atoms with Gasteiger partial charge in [-0.05, 0) is 76.3 Å². The lowest BCUT2D eigenvalue weighted by Crippen LogP contribution is -2.37. The van der Waals surface area contributed by atoms with Gasteiger partial charge in [-0.3, -0.25) is 32.7 Å². The summed E-state index contributed by atoms with van der Waals surface area (Å²) in [4.78, 5) is 67.7. The summed E-state index contributed by atoms with van der Waals surface area (Å²) in [5, 5.41) is 0.0285. The van der Waals surface area contributed by atoms with Crippen LogP contribution in [0.5, 0.6) is 0 Å². The van der Waals surface area contributed by atoms with Crippen LogP contribution in [0.2, 0.25) is 0 Å². The number of hydrogen-bond donors (Lipinski definition) is 0.